The second-order valence-corrected chi connectivity index (χ2v) is 4.77. The van der Waals surface area contributed by atoms with Crippen molar-refractivity contribution in [3.05, 3.63) is 33.9 Å². The van der Waals surface area contributed by atoms with Gasteiger partial charge in [0.25, 0.3) is 0 Å². The van der Waals surface area contributed by atoms with Gasteiger partial charge in [-0.05, 0) is 37.1 Å². The molecule has 18 heavy (non-hydrogen) atoms. The standard InChI is InChI=1S/C12H18N2O3S/c1-13-9-10-4-5-12(11(8-10)14(15)16)17-6-3-7-18-2/h4-5,8,13H,3,6-7,9H2,1-2H3. The smallest absolute Gasteiger partial charge is 0.311 e. The molecule has 0 saturated carbocycles. The van der Waals surface area contributed by atoms with E-state index in [1.807, 2.05) is 12.3 Å². The molecule has 0 aliphatic rings. The normalized spacial score (nSPS) is 10.3. The Kier molecular flexibility index (Phi) is 6.53. The first kappa shape index (κ1) is 14.8. The van der Waals surface area contributed by atoms with Crippen LogP contribution in [-0.2, 0) is 6.54 Å². The molecule has 1 aromatic rings. The highest BCUT2D eigenvalue weighted by Crippen LogP contribution is 2.28. The Morgan fingerprint density at radius 3 is 2.89 bits per heavy atom. The number of nitro benzene ring substituents is 1. The molecule has 0 saturated heterocycles. The first-order chi connectivity index (χ1) is 8.69. The summed E-state index contributed by atoms with van der Waals surface area (Å²) < 4.78 is 5.46. The molecule has 0 radical (unpaired) electrons. The van der Waals surface area contributed by atoms with Gasteiger partial charge in [-0.3, -0.25) is 10.1 Å². The molecule has 0 atom stereocenters. The van der Waals surface area contributed by atoms with Crippen molar-refractivity contribution >= 4 is 17.4 Å². The maximum absolute atomic E-state index is 11.0. The summed E-state index contributed by atoms with van der Waals surface area (Å²) in [5.74, 6) is 1.34. The monoisotopic (exact) mass is 270 g/mol. The molecule has 1 N–H and O–H groups in total. The third-order valence-electron chi connectivity index (χ3n) is 2.35. The molecule has 100 valence electrons. The third kappa shape index (κ3) is 4.54. The molecule has 0 aliphatic carbocycles. The molecule has 0 amide bonds. The van der Waals surface area contributed by atoms with E-state index in [0.29, 0.717) is 18.9 Å². The van der Waals surface area contributed by atoms with Gasteiger partial charge in [-0.1, -0.05) is 6.07 Å². The Morgan fingerprint density at radius 2 is 2.28 bits per heavy atom. The quantitative estimate of drug-likeness (QED) is 0.446. The summed E-state index contributed by atoms with van der Waals surface area (Å²) in [6, 6.07) is 5.07. The molecule has 0 unspecified atom stereocenters. The Hall–Kier alpha value is -1.27. The molecule has 0 spiro atoms. The van der Waals surface area contributed by atoms with Gasteiger partial charge in [0.2, 0.25) is 0 Å². The molecule has 5 nitrogen and oxygen atoms in total. The van der Waals surface area contributed by atoms with Crippen LogP contribution in [0.25, 0.3) is 0 Å². The average molecular weight is 270 g/mol. The summed E-state index contributed by atoms with van der Waals surface area (Å²) in [6.45, 7) is 1.11. The fraction of sp³-hybridized carbons (Fsp3) is 0.500. The van der Waals surface area contributed by atoms with Crippen LogP contribution in [0.5, 0.6) is 5.75 Å². The maximum atomic E-state index is 11.0. The van der Waals surface area contributed by atoms with Crippen molar-refractivity contribution in [3.8, 4) is 5.75 Å². The zero-order valence-corrected chi connectivity index (χ0v) is 11.5. The lowest BCUT2D eigenvalue weighted by atomic mass is 10.2. The van der Waals surface area contributed by atoms with Crippen molar-refractivity contribution in [2.24, 2.45) is 0 Å². The van der Waals surface area contributed by atoms with Gasteiger partial charge in [0.05, 0.1) is 11.5 Å². The van der Waals surface area contributed by atoms with Gasteiger partial charge in [-0.25, -0.2) is 0 Å². The van der Waals surface area contributed by atoms with E-state index in [9.17, 15) is 10.1 Å². The van der Waals surface area contributed by atoms with Gasteiger partial charge in [-0.15, -0.1) is 0 Å². The number of nitrogens with one attached hydrogen (secondary N) is 1. The van der Waals surface area contributed by atoms with Crippen LogP contribution in [-0.4, -0.2) is 30.6 Å². The van der Waals surface area contributed by atoms with Crippen LogP contribution in [0.2, 0.25) is 0 Å². The first-order valence-electron chi connectivity index (χ1n) is 5.72. The SMILES string of the molecule is CNCc1ccc(OCCCSC)c([N+](=O)[O-])c1. The van der Waals surface area contributed by atoms with Crippen molar-refractivity contribution in [1.29, 1.82) is 0 Å². The van der Waals surface area contributed by atoms with Crippen LogP contribution in [0.4, 0.5) is 5.69 Å². The number of nitro groups is 1. The number of hydrogen-bond donors (Lipinski definition) is 1. The van der Waals surface area contributed by atoms with Gasteiger partial charge in [0.1, 0.15) is 0 Å². The van der Waals surface area contributed by atoms with Crippen molar-refractivity contribution in [2.45, 2.75) is 13.0 Å². The molecule has 0 aromatic heterocycles. The van der Waals surface area contributed by atoms with Gasteiger partial charge < -0.3 is 10.1 Å². The summed E-state index contributed by atoms with van der Waals surface area (Å²) in [7, 11) is 1.80. The number of ether oxygens (including phenoxy) is 1. The minimum Gasteiger partial charge on any atom is -0.487 e. The van der Waals surface area contributed by atoms with E-state index in [2.05, 4.69) is 5.32 Å². The number of nitrogens with zero attached hydrogens (tertiary/aromatic N) is 1. The zero-order valence-electron chi connectivity index (χ0n) is 10.6. The summed E-state index contributed by atoms with van der Waals surface area (Å²) in [4.78, 5) is 10.6. The van der Waals surface area contributed by atoms with Gasteiger partial charge in [-0.2, -0.15) is 11.8 Å². The van der Waals surface area contributed by atoms with E-state index >= 15 is 0 Å². The molecular weight excluding hydrogens is 252 g/mol. The fourth-order valence-corrected chi connectivity index (χ4v) is 1.93. The first-order valence-corrected chi connectivity index (χ1v) is 7.12. The summed E-state index contributed by atoms with van der Waals surface area (Å²) in [5, 5.41) is 13.9. The Morgan fingerprint density at radius 1 is 1.50 bits per heavy atom. The molecule has 0 bridgehead atoms. The van der Waals surface area contributed by atoms with Gasteiger partial charge >= 0.3 is 5.69 Å². The van der Waals surface area contributed by atoms with E-state index in [1.165, 1.54) is 0 Å². The van der Waals surface area contributed by atoms with Gasteiger partial charge in [0.15, 0.2) is 5.75 Å². The number of benzene rings is 1. The van der Waals surface area contributed by atoms with Crippen LogP contribution >= 0.6 is 11.8 Å². The van der Waals surface area contributed by atoms with Crippen LogP contribution in [0, 0.1) is 10.1 Å². The van der Waals surface area contributed by atoms with Crippen LogP contribution < -0.4 is 10.1 Å². The van der Waals surface area contributed by atoms with E-state index in [0.717, 1.165) is 17.7 Å². The van der Waals surface area contributed by atoms with E-state index in [-0.39, 0.29) is 5.69 Å². The van der Waals surface area contributed by atoms with Crippen molar-refractivity contribution in [1.82, 2.24) is 5.32 Å². The lowest BCUT2D eigenvalue weighted by Crippen LogP contribution is -2.06. The Labute approximate surface area is 111 Å². The molecule has 6 heteroatoms. The second-order valence-electron chi connectivity index (χ2n) is 3.78. The highest BCUT2D eigenvalue weighted by Gasteiger charge is 2.15. The number of rotatable bonds is 8. The van der Waals surface area contributed by atoms with Crippen LogP contribution in [0.15, 0.2) is 18.2 Å². The predicted octanol–water partition coefficient (Wildman–Crippen LogP) is 2.45. The summed E-state index contributed by atoms with van der Waals surface area (Å²) in [5.41, 5.74) is 0.910. The maximum Gasteiger partial charge on any atom is 0.311 e. The highest BCUT2D eigenvalue weighted by molar-refractivity contribution is 7.98. The minimum atomic E-state index is -0.400. The fourth-order valence-electron chi connectivity index (χ4n) is 1.53. The molecule has 1 aromatic carbocycles. The topological polar surface area (TPSA) is 64.4 Å². The lowest BCUT2D eigenvalue weighted by Gasteiger charge is -2.08. The Balaban J connectivity index is 2.73. The van der Waals surface area contributed by atoms with Crippen LogP contribution in [0.1, 0.15) is 12.0 Å². The molecular formula is C12H18N2O3S. The van der Waals surface area contributed by atoms with Crippen LogP contribution in [0.3, 0.4) is 0 Å². The van der Waals surface area contributed by atoms with Crippen molar-refractivity contribution in [3.63, 3.8) is 0 Å². The van der Waals surface area contributed by atoms with E-state index < -0.39 is 4.92 Å². The summed E-state index contributed by atoms with van der Waals surface area (Å²) in [6.07, 6.45) is 2.91. The predicted molar refractivity (Wildman–Crippen MR) is 74.4 cm³/mol. The third-order valence-corrected chi connectivity index (χ3v) is 3.05. The molecule has 0 heterocycles. The highest BCUT2D eigenvalue weighted by atomic mass is 32.2. The molecule has 1 rings (SSSR count). The zero-order chi connectivity index (χ0) is 13.4. The number of hydrogen-bond acceptors (Lipinski definition) is 5. The van der Waals surface area contributed by atoms with Gasteiger partial charge in [0, 0.05) is 12.6 Å². The average Bonchev–Trinajstić information content (AvgIpc) is 2.36. The minimum absolute atomic E-state index is 0.0342. The number of thioether (sulfide) groups is 1. The van der Waals surface area contributed by atoms with E-state index in [4.69, 9.17) is 4.74 Å². The van der Waals surface area contributed by atoms with E-state index in [1.54, 1.807) is 30.9 Å². The lowest BCUT2D eigenvalue weighted by molar-refractivity contribution is -0.385. The summed E-state index contributed by atoms with van der Waals surface area (Å²) >= 11 is 1.73. The second kappa shape index (κ2) is 7.94. The Bertz CT molecular complexity index is 399. The molecule has 0 fully saturated rings. The van der Waals surface area contributed by atoms with Crippen molar-refractivity contribution in [2.75, 3.05) is 25.7 Å². The largest absolute Gasteiger partial charge is 0.487 e. The molecule has 0 aliphatic heterocycles. The van der Waals surface area contributed by atoms with Crippen molar-refractivity contribution < 1.29 is 9.66 Å².